The molecule has 0 saturated carbocycles. The summed E-state index contributed by atoms with van der Waals surface area (Å²) in [6.07, 6.45) is -5.47. The van der Waals surface area contributed by atoms with Crippen molar-refractivity contribution in [3.05, 3.63) is 92.3 Å². The zero-order valence-corrected chi connectivity index (χ0v) is 13.2. The number of aromatic nitrogens is 2. The topological polar surface area (TPSA) is 77.2 Å². The normalized spacial score (nSPS) is 12.9. The van der Waals surface area contributed by atoms with Crippen LogP contribution in [0.15, 0.2) is 68.7 Å². The van der Waals surface area contributed by atoms with E-state index < -0.39 is 29.4 Å². The molecule has 0 saturated heterocycles. The molecular weight excluding hydrogens is 353 g/mol. The van der Waals surface area contributed by atoms with Gasteiger partial charge in [-0.25, -0.2) is 14.6 Å². The van der Waals surface area contributed by atoms with E-state index in [9.17, 15) is 22.8 Å². The van der Waals surface area contributed by atoms with Gasteiger partial charge in [0, 0.05) is 5.56 Å². The number of aromatic amines is 1. The van der Waals surface area contributed by atoms with Crippen molar-refractivity contribution >= 4 is 0 Å². The number of ether oxygens (including phenoxy) is 1. The molecule has 3 rings (SSSR count). The number of rotatable bonds is 5. The fourth-order valence-corrected chi connectivity index (χ4v) is 2.33. The molecular formula is C17H13F3N2O4. The number of halogens is 3. The lowest BCUT2D eigenvalue weighted by atomic mass is 10.1. The maximum Gasteiger partial charge on any atom is 0.440 e. The zero-order chi connectivity index (χ0) is 18.7. The summed E-state index contributed by atoms with van der Waals surface area (Å²) in [4.78, 5) is 25.0. The third-order valence-corrected chi connectivity index (χ3v) is 3.58. The molecule has 0 bridgehead atoms. The first-order chi connectivity index (χ1) is 12.3. The van der Waals surface area contributed by atoms with Gasteiger partial charge in [-0.2, -0.15) is 13.2 Å². The number of hydrogen-bond donors (Lipinski definition) is 1. The summed E-state index contributed by atoms with van der Waals surface area (Å²) >= 11 is 0. The van der Waals surface area contributed by atoms with Gasteiger partial charge in [-0.05, 0) is 17.7 Å². The van der Waals surface area contributed by atoms with Gasteiger partial charge in [-0.15, -0.1) is 4.74 Å². The van der Waals surface area contributed by atoms with Gasteiger partial charge in [-0.3, -0.25) is 0 Å². The molecule has 26 heavy (non-hydrogen) atoms. The highest BCUT2D eigenvalue weighted by atomic mass is 19.4. The van der Waals surface area contributed by atoms with Gasteiger partial charge in [-0.1, -0.05) is 42.5 Å². The molecule has 1 aromatic heterocycles. The van der Waals surface area contributed by atoms with Crippen LogP contribution < -0.4 is 11.4 Å². The van der Waals surface area contributed by atoms with E-state index in [0.717, 1.165) is 16.9 Å². The van der Waals surface area contributed by atoms with Crippen molar-refractivity contribution in [2.24, 2.45) is 0 Å². The third kappa shape index (κ3) is 3.94. The van der Waals surface area contributed by atoms with Crippen molar-refractivity contribution < 1.29 is 22.4 Å². The molecule has 6 nitrogen and oxygen atoms in total. The fraction of sp³-hybridized carbons (Fsp3) is 0.176. The fourth-order valence-electron chi connectivity index (χ4n) is 2.33. The monoisotopic (exact) mass is 366 g/mol. The molecule has 3 aromatic rings. The predicted octanol–water partition coefficient (Wildman–Crippen LogP) is 2.91. The van der Waals surface area contributed by atoms with Crippen LogP contribution in [-0.2, 0) is 17.5 Å². The van der Waals surface area contributed by atoms with Crippen molar-refractivity contribution in [1.29, 1.82) is 0 Å². The van der Waals surface area contributed by atoms with Crippen molar-refractivity contribution in [1.82, 2.24) is 9.72 Å². The molecule has 1 atom stereocenters. The van der Waals surface area contributed by atoms with E-state index in [1.54, 1.807) is 30.3 Å². The Hall–Kier alpha value is -3.07. The second-order valence-electron chi connectivity index (χ2n) is 5.40. The molecule has 0 aliphatic rings. The molecule has 0 aliphatic carbocycles. The van der Waals surface area contributed by atoms with Gasteiger partial charge in [0.15, 0.2) is 6.23 Å². The summed E-state index contributed by atoms with van der Waals surface area (Å²) in [5.41, 5.74) is -0.570. The van der Waals surface area contributed by atoms with Crippen LogP contribution in [0.25, 0.3) is 0 Å². The Labute approximate surface area is 144 Å². The van der Waals surface area contributed by atoms with Gasteiger partial charge < -0.3 is 9.26 Å². The first-order valence-electron chi connectivity index (χ1n) is 7.49. The molecule has 0 radical (unpaired) electrons. The van der Waals surface area contributed by atoms with Crippen molar-refractivity contribution in [2.45, 2.75) is 19.0 Å². The maximum absolute atomic E-state index is 12.6. The Kier molecular flexibility index (Phi) is 4.81. The van der Waals surface area contributed by atoms with Gasteiger partial charge in [0.25, 0.3) is 0 Å². The van der Waals surface area contributed by atoms with Crippen LogP contribution in [0.5, 0.6) is 0 Å². The van der Waals surface area contributed by atoms with Gasteiger partial charge in [0.05, 0.1) is 12.2 Å². The smallest absolute Gasteiger partial charge is 0.346 e. The quantitative estimate of drug-likeness (QED) is 0.753. The second-order valence-corrected chi connectivity index (χ2v) is 5.40. The van der Waals surface area contributed by atoms with Gasteiger partial charge in [0.1, 0.15) is 0 Å². The SMILES string of the molecule is O=c1[nH]c(=O)n(C(OCc2ccc(C(F)(F)F)cc2)c2ccccc2)o1. The van der Waals surface area contributed by atoms with Gasteiger partial charge in [0.2, 0.25) is 0 Å². The average Bonchev–Trinajstić information content (AvgIpc) is 2.94. The summed E-state index contributed by atoms with van der Waals surface area (Å²) < 4.78 is 49.0. The van der Waals surface area contributed by atoms with E-state index >= 15 is 0 Å². The highest BCUT2D eigenvalue weighted by molar-refractivity contribution is 5.24. The van der Waals surface area contributed by atoms with Crippen LogP contribution in [0.1, 0.15) is 22.9 Å². The largest absolute Gasteiger partial charge is 0.440 e. The van der Waals surface area contributed by atoms with E-state index in [1.165, 1.54) is 12.1 Å². The summed E-state index contributed by atoms with van der Waals surface area (Å²) in [5.74, 6) is -0.936. The summed E-state index contributed by atoms with van der Waals surface area (Å²) in [6.45, 7) is -0.0982. The molecule has 0 amide bonds. The molecule has 0 aliphatic heterocycles. The van der Waals surface area contributed by atoms with Crippen LogP contribution in [0.3, 0.4) is 0 Å². The van der Waals surface area contributed by atoms with Gasteiger partial charge >= 0.3 is 17.6 Å². The molecule has 0 fully saturated rings. The number of H-pyrrole nitrogens is 1. The number of alkyl halides is 3. The Bertz CT molecular complexity index is 972. The summed E-state index contributed by atoms with van der Waals surface area (Å²) in [6, 6.07) is 12.9. The second kappa shape index (κ2) is 7.04. The van der Waals surface area contributed by atoms with E-state index in [2.05, 4.69) is 0 Å². The van der Waals surface area contributed by atoms with E-state index in [1.807, 2.05) is 4.98 Å². The lowest BCUT2D eigenvalue weighted by Gasteiger charge is -2.17. The number of hydrogen-bond acceptors (Lipinski definition) is 4. The van der Waals surface area contributed by atoms with Crippen LogP contribution in [-0.4, -0.2) is 9.72 Å². The summed E-state index contributed by atoms with van der Waals surface area (Å²) in [7, 11) is 0. The molecule has 136 valence electrons. The van der Waals surface area contributed by atoms with E-state index in [-0.39, 0.29) is 6.61 Å². The first-order valence-corrected chi connectivity index (χ1v) is 7.49. The highest BCUT2D eigenvalue weighted by Gasteiger charge is 2.30. The van der Waals surface area contributed by atoms with Crippen LogP contribution >= 0.6 is 0 Å². The average molecular weight is 366 g/mol. The lowest BCUT2D eigenvalue weighted by molar-refractivity contribution is -0.137. The van der Waals surface area contributed by atoms with E-state index in [0.29, 0.717) is 11.1 Å². The van der Waals surface area contributed by atoms with Crippen molar-refractivity contribution in [3.8, 4) is 0 Å². The standard InChI is InChI=1S/C17H13F3N2O4/c18-17(19,20)13-8-6-11(7-9-13)10-25-14(12-4-2-1-3-5-12)22-15(23)21-16(24)26-22/h1-9,14H,10H2,(H,21,23,24). The molecule has 0 spiro atoms. The van der Waals surface area contributed by atoms with Crippen LogP contribution in [0.4, 0.5) is 13.2 Å². The van der Waals surface area contributed by atoms with Crippen LogP contribution in [0.2, 0.25) is 0 Å². The lowest BCUT2D eigenvalue weighted by Crippen LogP contribution is -2.24. The Morgan fingerprint density at radius 1 is 1.04 bits per heavy atom. The molecule has 1 heterocycles. The summed E-state index contributed by atoms with van der Waals surface area (Å²) in [5, 5.41) is 0. The minimum Gasteiger partial charge on any atom is -0.346 e. The molecule has 1 N–H and O–H groups in total. The highest BCUT2D eigenvalue weighted by Crippen LogP contribution is 2.29. The number of nitrogens with one attached hydrogen (secondary N) is 1. The number of benzene rings is 2. The minimum atomic E-state index is -4.42. The molecule has 2 aromatic carbocycles. The number of nitrogens with zero attached hydrogens (tertiary/aromatic N) is 1. The predicted molar refractivity (Wildman–Crippen MR) is 84.4 cm³/mol. The van der Waals surface area contributed by atoms with Crippen molar-refractivity contribution in [3.63, 3.8) is 0 Å². The maximum atomic E-state index is 12.6. The van der Waals surface area contributed by atoms with Crippen LogP contribution in [0, 0.1) is 0 Å². The molecule has 9 heteroatoms. The zero-order valence-electron chi connectivity index (χ0n) is 13.2. The third-order valence-electron chi connectivity index (χ3n) is 3.58. The molecule has 1 unspecified atom stereocenters. The van der Waals surface area contributed by atoms with Crippen molar-refractivity contribution in [2.75, 3.05) is 0 Å². The Morgan fingerprint density at radius 2 is 1.69 bits per heavy atom. The Balaban J connectivity index is 1.84. The first kappa shape index (κ1) is 17.7. The minimum absolute atomic E-state index is 0.0982. The Morgan fingerprint density at radius 3 is 2.23 bits per heavy atom. The van der Waals surface area contributed by atoms with E-state index in [4.69, 9.17) is 9.26 Å².